The van der Waals surface area contributed by atoms with Crippen molar-refractivity contribution in [2.75, 3.05) is 0 Å². The van der Waals surface area contributed by atoms with Crippen LogP contribution in [0.1, 0.15) is 5.56 Å². The van der Waals surface area contributed by atoms with Gasteiger partial charge in [0.1, 0.15) is 0 Å². The molecule has 0 radical (unpaired) electrons. The highest BCUT2D eigenvalue weighted by Crippen LogP contribution is 2.37. The molecule has 0 unspecified atom stereocenters. The number of imide groups is 1. The van der Waals surface area contributed by atoms with Gasteiger partial charge in [-0.3, -0.25) is 35.1 Å². The molecule has 0 atom stereocenters. The van der Waals surface area contributed by atoms with Gasteiger partial charge in [-0.15, -0.1) is 0 Å². The molecule has 11 heteroatoms. The molecule has 1 aromatic carbocycles. The second-order valence-electron chi connectivity index (χ2n) is 3.77. The Morgan fingerprint density at radius 3 is 2.33 bits per heavy atom. The van der Waals surface area contributed by atoms with Gasteiger partial charge in [-0.25, -0.2) is 0 Å². The van der Waals surface area contributed by atoms with Crippen molar-refractivity contribution in [3.05, 3.63) is 42.8 Å². The standard InChI is InChI=1S/C10H5N3O7S/c14-8-4(2-7-9(15)11-10(16)21-7)1-5(12(17)18)3-6(8)13(19)20/h1-3,14H,(H,11,15,16)/b7-2-. The maximum Gasteiger partial charge on any atom is 0.318 e. The number of amides is 2. The van der Waals surface area contributed by atoms with Gasteiger partial charge in [0, 0.05) is 11.6 Å². The molecule has 0 spiro atoms. The van der Waals surface area contributed by atoms with Gasteiger partial charge < -0.3 is 5.11 Å². The van der Waals surface area contributed by atoms with Crippen molar-refractivity contribution in [3.8, 4) is 5.75 Å². The predicted octanol–water partition coefficient (Wildman–Crippen LogP) is 1.53. The molecule has 2 amide bonds. The van der Waals surface area contributed by atoms with E-state index in [-0.39, 0.29) is 10.5 Å². The van der Waals surface area contributed by atoms with Crippen molar-refractivity contribution in [2.24, 2.45) is 0 Å². The van der Waals surface area contributed by atoms with E-state index in [4.69, 9.17) is 0 Å². The van der Waals surface area contributed by atoms with Crippen molar-refractivity contribution in [1.82, 2.24) is 5.32 Å². The van der Waals surface area contributed by atoms with Crippen LogP contribution in [0.3, 0.4) is 0 Å². The number of non-ortho nitro benzene ring substituents is 1. The van der Waals surface area contributed by atoms with E-state index in [1.807, 2.05) is 5.32 Å². The minimum Gasteiger partial charge on any atom is -0.502 e. The number of phenols is 1. The molecular weight excluding hydrogens is 306 g/mol. The topological polar surface area (TPSA) is 153 Å². The first-order chi connectivity index (χ1) is 9.79. The Kier molecular flexibility index (Phi) is 3.58. The lowest BCUT2D eigenvalue weighted by atomic mass is 10.1. The fraction of sp³-hybridized carbons (Fsp3) is 0. The van der Waals surface area contributed by atoms with Gasteiger partial charge >= 0.3 is 5.69 Å². The van der Waals surface area contributed by atoms with E-state index in [0.29, 0.717) is 17.8 Å². The number of rotatable bonds is 3. The highest BCUT2D eigenvalue weighted by Gasteiger charge is 2.28. The van der Waals surface area contributed by atoms with E-state index in [9.17, 15) is 34.9 Å². The van der Waals surface area contributed by atoms with Crippen LogP contribution in [0.5, 0.6) is 5.75 Å². The Morgan fingerprint density at radius 2 is 1.86 bits per heavy atom. The van der Waals surface area contributed by atoms with Gasteiger partial charge in [0.05, 0.1) is 20.8 Å². The van der Waals surface area contributed by atoms with E-state index in [0.717, 1.165) is 12.1 Å². The molecule has 1 heterocycles. The quantitative estimate of drug-likeness (QED) is 0.484. The van der Waals surface area contributed by atoms with Crippen molar-refractivity contribution in [2.45, 2.75) is 0 Å². The number of aromatic hydroxyl groups is 1. The number of thioether (sulfide) groups is 1. The Morgan fingerprint density at radius 1 is 1.19 bits per heavy atom. The van der Waals surface area contributed by atoms with Crippen LogP contribution in [0, 0.1) is 20.2 Å². The summed E-state index contributed by atoms with van der Waals surface area (Å²) in [6.07, 6.45) is 0.972. The largest absolute Gasteiger partial charge is 0.502 e. The molecule has 1 fully saturated rings. The van der Waals surface area contributed by atoms with Crippen LogP contribution in [-0.4, -0.2) is 26.1 Å². The van der Waals surface area contributed by atoms with E-state index in [2.05, 4.69) is 0 Å². The molecule has 0 bridgehead atoms. The lowest BCUT2D eigenvalue weighted by Crippen LogP contribution is -2.17. The minimum atomic E-state index is -0.989. The average Bonchev–Trinajstić information content (AvgIpc) is 2.69. The third-order valence-electron chi connectivity index (χ3n) is 2.44. The summed E-state index contributed by atoms with van der Waals surface area (Å²) in [7, 11) is 0. The van der Waals surface area contributed by atoms with Gasteiger partial charge in [-0.05, 0) is 17.8 Å². The van der Waals surface area contributed by atoms with E-state index in [1.165, 1.54) is 0 Å². The molecule has 0 saturated carbocycles. The number of carbonyl (C=O) groups excluding carboxylic acids is 2. The zero-order valence-electron chi connectivity index (χ0n) is 9.93. The Balaban J connectivity index is 2.60. The summed E-state index contributed by atoms with van der Waals surface area (Å²) < 4.78 is 0. The molecule has 2 rings (SSSR count). The summed E-state index contributed by atoms with van der Waals surface area (Å²) in [6.45, 7) is 0. The summed E-state index contributed by atoms with van der Waals surface area (Å²) in [4.78, 5) is 41.9. The number of phenolic OH excluding ortho intramolecular Hbond substituents is 1. The Labute approximate surface area is 119 Å². The maximum absolute atomic E-state index is 11.4. The number of benzene rings is 1. The Bertz CT molecular complexity index is 728. The van der Waals surface area contributed by atoms with Gasteiger partial charge in [0.25, 0.3) is 16.8 Å². The molecule has 0 aromatic heterocycles. The zero-order chi connectivity index (χ0) is 15.7. The van der Waals surface area contributed by atoms with Gasteiger partial charge in [-0.2, -0.15) is 0 Å². The number of nitrogens with zero attached hydrogens (tertiary/aromatic N) is 2. The first-order valence-electron chi connectivity index (χ1n) is 5.20. The first-order valence-corrected chi connectivity index (χ1v) is 6.02. The SMILES string of the molecule is O=C1NC(=O)/C(=C/c2cc([N+](=O)[O-])cc([N+](=O)[O-])c2O)S1. The third-order valence-corrected chi connectivity index (χ3v) is 3.25. The van der Waals surface area contributed by atoms with E-state index in [1.54, 1.807) is 0 Å². The normalized spacial score (nSPS) is 16.1. The van der Waals surface area contributed by atoms with Gasteiger partial charge in [0.15, 0.2) is 0 Å². The maximum atomic E-state index is 11.4. The van der Waals surface area contributed by atoms with Gasteiger partial charge in [0.2, 0.25) is 5.75 Å². The highest BCUT2D eigenvalue weighted by molar-refractivity contribution is 8.18. The lowest BCUT2D eigenvalue weighted by molar-refractivity contribution is -0.394. The number of nitrogens with one attached hydrogen (secondary N) is 1. The van der Waals surface area contributed by atoms with Crippen LogP contribution < -0.4 is 5.32 Å². The molecule has 10 nitrogen and oxygen atoms in total. The number of hydrogen-bond donors (Lipinski definition) is 2. The summed E-state index contributed by atoms with van der Waals surface area (Å²) in [5.74, 6) is -1.58. The van der Waals surface area contributed by atoms with Gasteiger partial charge in [-0.1, -0.05) is 0 Å². The van der Waals surface area contributed by atoms with Crippen LogP contribution >= 0.6 is 11.8 Å². The predicted molar refractivity (Wildman–Crippen MR) is 70.5 cm³/mol. The molecule has 1 saturated heterocycles. The third kappa shape index (κ3) is 2.81. The molecule has 0 aliphatic carbocycles. The second kappa shape index (κ2) is 5.20. The molecule has 1 aliphatic rings. The van der Waals surface area contributed by atoms with Crippen molar-refractivity contribution in [1.29, 1.82) is 0 Å². The summed E-state index contributed by atoms with van der Waals surface area (Å²) in [5.41, 5.74) is -1.80. The van der Waals surface area contributed by atoms with Crippen molar-refractivity contribution >= 4 is 40.4 Å². The second-order valence-corrected chi connectivity index (χ2v) is 4.78. The number of hydrogen-bond acceptors (Lipinski definition) is 8. The van der Waals surface area contributed by atoms with Crippen LogP contribution in [0.15, 0.2) is 17.0 Å². The summed E-state index contributed by atoms with van der Waals surface area (Å²) >= 11 is 0.516. The molecule has 1 aromatic rings. The van der Waals surface area contributed by atoms with Crippen LogP contribution in [0.25, 0.3) is 6.08 Å². The highest BCUT2D eigenvalue weighted by atomic mass is 32.2. The number of nitro groups is 2. The first kappa shape index (κ1) is 14.5. The van der Waals surface area contributed by atoms with E-state index >= 15 is 0 Å². The lowest BCUT2D eigenvalue weighted by Gasteiger charge is -2.01. The minimum absolute atomic E-state index is 0.134. The van der Waals surface area contributed by atoms with Crippen LogP contribution in [-0.2, 0) is 4.79 Å². The van der Waals surface area contributed by atoms with Crippen LogP contribution in [0.2, 0.25) is 0 Å². The van der Waals surface area contributed by atoms with E-state index < -0.39 is 38.1 Å². The Hall–Kier alpha value is -2.95. The number of carbonyl (C=O) groups is 2. The van der Waals surface area contributed by atoms with Crippen molar-refractivity contribution < 1.29 is 24.5 Å². The average molecular weight is 311 g/mol. The summed E-state index contributed by atoms with van der Waals surface area (Å²) in [5, 5.41) is 32.5. The monoisotopic (exact) mass is 311 g/mol. The molecule has 21 heavy (non-hydrogen) atoms. The fourth-order valence-corrected chi connectivity index (χ4v) is 2.22. The summed E-state index contributed by atoms with van der Waals surface area (Å²) in [6, 6.07) is 1.47. The number of nitro benzene ring substituents is 2. The molecule has 2 N–H and O–H groups in total. The smallest absolute Gasteiger partial charge is 0.318 e. The molecule has 108 valence electrons. The molecular formula is C10H5N3O7S. The van der Waals surface area contributed by atoms with Crippen molar-refractivity contribution in [3.63, 3.8) is 0 Å². The fourth-order valence-electron chi connectivity index (χ4n) is 1.54. The van der Waals surface area contributed by atoms with Crippen LogP contribution in [0.4, 0.5) is 16.2 Å². The zero-order valence-corrected chi connectivity index (χ0v) is 10.7. The molecule has 1 aliphatic heterocycles.